The molecule has 0 aromatic heterocycles. The summed E-state index contributed by atoms with van der Waals surface area (Å²) in [6.45, 7) is 9.49. The van der Waals surface area contributed by atoms with Gasteiger partial charge in [0.05, 0.1) is 5.57 Å². The van der Waals surface area contributed by atoms with Crippen molar-refractivity contribution in [1.29, 1.82) is 0 Å². The predicted molar refractivity (Wildman–Crippen MR) is 103 cm³/mol. The van der Waals surface area contributed by atoms with E-state index < -0.39 is 29.0 Å². The SMILES string of the molecule is CC(=O)OCC1=C(c2ccccc2)C(=O)N(C(C)(C)C(=O)OC(C)(C)C)CO1. The van der Waals surface area contributed by atoms with E-state index in [9.17, 15) is 14.4 Å². The van der Waals surface area contributed by atoms with E-state index in [0.717, 1.165) is 0 Å². The van der Waals surface area contributed by atoms with E-state index in [4.69, 9.17) is 14.2 Å². The van der Waals surface area contributed by atoms with Crippen molar-refractivity contribution in [2.45, 2.75) is 52.7 Å². The van der Waals surface area contributed by atoms with Crippen LogP contribution in [0.5, 0.6) is 0 Å². The van der Waals surface area contributed by atoms with Crippen LogP contribution in [0.15, 0.2) is 36.1 Å². The van der Waals surface area contributed by atoms with Gasteiger partial charge in [0.15, 0.2) is 6.73 Å². The second-order valence-corrected chi connectivity index (χ2v) is 8.01. The Hall–Kier alpha value is -2.83. The average molecular weight is 389 g/mol. The molecule has 0 saturated heterocycles. The Kier molecular flexibility index (Phi) is 6.17. The normalized spacial score (nSPS) is 15.2. The molecule has 0 unspecified atom stereocenters. The Balaban J connectivity index is 2.41. The van der Waals surface area contributed by atoms with Crippen molar-refractivity contribution in [1.82, 2.24) is 4.90 Å². The van der Waals surface area contributed by atoms with Crippen molar-refractivity contribution in [2.24, 2.45) is 0 Å². The highest BCUT2D eigenvalue weighted by Crippen LogP contribution is 2.32. The highest BCUT2D eigenvalue weighted by molar-refractivity contribution is 6.21. The zero-order valence-corrected chi connectivity index (χ0v) is 17.2. The second-order valence-electron chi connectivity index (χ2n) is 8.01. The van der Waals surface area contributed by atoms with Gasteiger partial charge in [0.25, 0.3) is 5.91 Å². The quantitative estimate of drug-likeness (QED) is 0.720. The molecule has 0 saturated carbocycles. The van der Waals surface area contributed by atoms with Gasteiger partial charge < -0.3 is 14.2 Å². The van der Waals surface area contributed by atoms with Gasteiger partial charge in [-0.25, -0.2) is 4.79 Å². The molecule has 1 aromatic rings. The van der Waals surface area contributed by atoms with Crippen LogP contribution in [0.1, 0.15) is 47.1 Å². The number of rotatable bonds is 5. The number of ether oxygens (including phenoxy) is 3. The molecular weight excluding hydrogens is 362 g/mol. The molecule has 2 rings (SSSR count). The van der Waals surface area contributed by atoms with Crippen molar-refractivity contribution in [3.8, 4) is 0 Å². The Morgan fingerprint density at radius 3 is 2.25 bits per heavy atom. The summed E-state index contributed by atoms with van der Waals surface area (Å²) in [7, 11) is 0. The molecule has 1 aliphatic rings. The van der Waals surface area contributed by atoms with Gasteiger partial charge in [0.2, 0.25) is 0 Å². The lowest BCUT2D eigenvalue weighted by Gasteiger charge is -2.40. The Labute approximate surface area is 165 Å². The monoisotopic (exact) mass is 389 g/mol. The van der Waals surface area contributed by atoms with Gasteiger partial charge in [-0.1, -0.05) is 30.3 Å². The number of esters is 2. The predicted octanol–water partition coefficient (Wildman–Crippen LogP) is 2.90. The number of hydrogen-bond donors (Lipinski definition) is 0. The molecule has 1 aromatic carbocycles. The molecule has 0 N–H and O–H groups in total. The van der Waals surface area contributed by atoms with Crippen molar-refractivity contribution in [3.05, 3.63) is 41.7 Å². The van der Waals surface area contributed by atoms with Gasteiger partial charge in [-0.05, 0) is 40.2 Å². The first kappa shape index (κ1) is 21.5. The van der Waals surface area contributed by atoms with Gasteiger partial charge in [-0.2, -0.15) is 0 Å². The Bertz CT molecular complexity index is 789. The fourth-order valence-electron chi connectivity index (χ4n) is 2.63. The smallest absolute Gasteiger partial charge is 0.332 e. The minimum Gasteiger partial charge on any atom is -0.473 e. The lowest BCUT2D eigenvalue weighted by atomic mass is 9.97. The van der Waals surface area contributed by atoms with Crippen molar-refractivity contribution in [3.63, 3.8) is 0 Å². The van der Waals surface area contributed by atoms with Gasteiger partial charge in [0.1, 0.15) is 23.5 Å². The highest BCUT2D eigenvalue weighted by atomic mass is 16.6. The second kappa shape index (κ2) is 8.04. The van der Waals surface area contributed by atoms with Crippen molar-refractivity contribution in [2.75, 3.05) is 13.3 Å². The van der Waals surface area contributed by atoms with Crippen LogP contribution in [0.25, 0.3) is 5.57 Å². The summed E-state index contributed by atoms with van der Waals surface area (Å²) in [4.78, 5) is 38.6. The highest BCUT2D eigenvalue weighted by Gasteiger charge is 2.45. The molecule has 0 aliphatic carbocycles. The van der Waals surface area contributed by atoms with Crippen LogP contribution >= 0.6 is 0 Å². The standard InChI is InChI=1S/C21H27NO6/c1-14(23)26-12-16-17(15-10-8-7-9-11-15)18(24)22(13-27-16)21(5,6)19(25)28-20(2,3)4/h7-11H,12-13H2,1-6H3. The molecule has 0 bridgehead atoms. The largest absolute Gasteiger partial charge is 0.473 e. The molecule has 0 fully saturated rings. The maximum atomic E-state index is 13.3. The summed E-state index contributed by atoms with van der Waals surface area (Å²) >= 11 is 0. The molecule has 0 radical (unpaired) electrons. The lowest BCUT2D eigenvalue weighted by molar-refractivity contribution is -0.175. The van der Waals surface area contributed by atoms with Gasteiger partial charge in [-0.15, -0.1) is 0 Å². The zero-order chi connectivity index (χ0) is 21.1. The van der Waals surface area contributed by atoms with Crippen LogP contribution in [-0.2, 0) is 28.6 Å². The van der Waals surface area contributed by atoms with Crippen LogP contribution in [0.2, 0.25) is 0 Å². The number of benzene rings is 1. The maximum absolute atomic E-state index is 13.3. The first-order valence-electron chi connectivity index (χ1n) is 9.03. The third-order valence-electron chi connectivity index (χ3n) is 4.15. The summed E-state index contributed by atoms with van der Waals surface area (Å²) in [6.07, 6.45) is 0. The minimum atomic E-state index is -1.25. The summed E-state index contributed by atoms with van der Waals surface area (Å²) in [5.74, 6) is -1.15. The third kappa shape index (κ3) is 4.91. The van der Waals surface area contributed by atoms with Crippen LogP contribution < -0.4 is 0 Å². The van der Waals surface area contributed by atoms with E-state index in [2.05, 4.69) is 0 Å². The van der Waals surface area contributed by atoms with E-state index in [1.54, 1.807) is 58.9 Å². The number of hydrogen-bond acceptors (Lipinski definition) is 6. The summed E-state index contributed by atoms with van der Waals surface area (Å²) < 4.78 is 16.3. The van der Waals surface area contributed by atoms with E-state index in [1.165, 1.54) is 11.8 Å². The summed E-state index contributed by atoms with van der Waals surface area (Å²) in [6, 6.07) is 8.92. The molecule has 28 heavy (non-hydrogen) atoms. The average Bonchev–Trinajstić information content (AvgIpc) is 2.58. The fourth-order valence-corrected chi connectivity index (χ4v) is 2.63. The van der Waals surface area contributed by atoms with E-state index >= 15 is 0 Å². The molecular formula is C21H27NO6. The van der Waals surface area contributed by atoms with E-state index in [0.29, 0.717) is 5.56 Å². The molecule has 1 aliphatic heterocycles. The Morgan fingerprint density at radius 1 is 1.11 bits per heavy atom. The topological polar surface area (TPSA) is 82.1 Å². The van der Waals surface area contributed by atoms with E-state index in [-0.39, 0.29) is 24.7 Å². The molecule has 7 nitrogen and oxygen atoms in total. The minimum absolute atomic E-state index is 0.155. The molecule has 1 heterocycles. The number of carbonyl (C=O) groups excluding carboxylic acids is 3. The number of amides is 1. The summed E-state index contributed by atoms with van der Waals surface area (Å²) in [5.41, 5.74) is -1.08. The molecule has 0 atom stereocenters. The summed E-state index contributed by atoms with van der Waals surface area (Å²) in [5, 5.41) is 0. The van der Waals surface area contributed by atoms with E-state index in [1.807, 2.05) is 6.07 Å². The van der Waals surface area contributed by atoms with Gasteiger partial charge in [-0.3, -0.25) is 14.5 Å². The molecule has 1 amide bonds. The number of nitrogens with zero attached hydrogens (tertiary/aromatic N) is 1. The van der Waals surface area contributed by atoms with Crippen molar-refractivity contribution < 1.29 is 28.6 Å². The lowest BCUT2D eigenvalue weighted by Crippen LogP contribution is -2.57. The molecule has 152 valence electrons. The fraction of sp³-hybridized carbons (Fsp3) is 0.476. The molecule has 7 heteroatoms. The molecule has 0 spiro atoms. The van der Waals surface area contributed by atoms with Crippen LogP contribution in [0.4, 0.5) is 0 Å². The first-order valence-corrected chi connectivity index (χ1v) is 9.03. The van der Waals surface area contributed by atoms with Gasteiger partial charge in [0, 0.05) is 6.92 Å². The van der Waals surface area contributed by atoms with Crippen LogP contribution in [0.3, 0.4) is 0 Å². The van der Waals surface area contributed by atoms with Crippen molar-refractivity contribution >= 4 is 23.4 Å². The number of carbonyl (C=O) groups is 3. The van der Waals surface area contributed by atoms with Crippen LogP contribution in [0, 0.1) is 0 Å². The zero-order valence-electron chi connectivity index (χ0n) is 17.2. The van der Waals surface area contributed by atoms with Gasteiger partial charge >= 0.3 is 11.9 Å². The first-order chi connectivity index (χ1) is 12.9. The maximum Gasteiger partial charge on any atom is 0.332 e. The van der Waals surface area contributed by atoms with Crippen LogP contribution in [-0.4, -0.2) is 47.2 Å². The Morgan fingerprint density at radius 2 is 1.71 bits per heavy atom. The third-order valence-corrected chi connectivity index (χ3v) is 4.15.